The van der Waals surface area contributed by atoms with E-state index in [2.05, 4.69) is 13.8 Å². The van der Waals surface area contributed by atoms with E-state index in [1.807, 2.05) is 0 Å². The molecule has 0 aromatic rings. The van der Waals surface area contributed by atoms with Gasteiger partial charge in [-0.05, 0) is 37.0 Å². The summed E-state index contributed by atoms with van der Waals surface area (Å²) in [6, 6.07) is 0. The van der Waals surface area contributed by atoms with Crippen LogP contribution in [0.3, 0.4) is 0 Å². The zero-order valence-corrected chi connectivity index (χ0v) is 7.48. The van der Waals surface area contributed by atoms with Gasteiger partial charge in [0.2, 0.25) is 0 Å². The fourth-order valence-corrected chi connectivity index (χ4v) is 2.59. The van der Waals surface area contributed by atoms with Gasteiger partial charge in [-0.1, -0.05) is 13.8 Å². The van der Waals surface area contributed by atoms with E-state index < -0.39 is 0 Å². The SMILES string of the molecule is CC(C)CCPC1CC1. The first-order valence-corrected chi connectivity index (χ1v) is 5.31. The highest BCUT2D eigenvalue weighted by molar-refractivity contribution is 7.39. The van der Waals surface area contributed by atoms with E-state index in [1.165, 1.54) is 39.7 Å². The van der Waals surface area contributed by atoms with Crippen molar-refractivity contribution in [1.29, 1.82) is 0 Å². The Morgan fingerprint density at radius 1 is 1.44 bits per heavy atom. The molecule has 0 amide bonds. The van der Waals surface area contributed by atoms with Gasteiger partial charge in [0, 0.05) is 0 Å². The average molecular weight is 144 g/mol. The lowest BCUT2D eigenvalue weighted by atomic mass is 10.2. The van der Waals surface area contributed by atoms with Gasteiger partial charge >= 0.3 is 0 Å². The maximum absolute atomic E-state index is 2.32. The molecule has 0 spiro atoms. The van der Waals surface area contributed by atoms with Crippen LogP contribution in [0.15, 0.2) is 0 Å². The van der Waals surface area contributed by atoms with Gasteiger partial charge in [-0.15, -0.1) is 8.58 Å². The largest absolute Gasteiger partial charge is 0.119 e. The highest BCUT2D eigenvalue weighted by Crippen LogP contribution is 2.39. The Labute approximate surface area is 60.2 Å². The molecule has 0 saturated heterocycles. The highest BCUT2D eigenvalue weighted by atomic mass is 31.1. The van der Waals surface area contributed by atoms with Crippen molar-refractivity contribution in [1.82, 2.24) is 0 Å². The topological polar surface area (TPSA) is 0 Å². The van der Waals surface area contributed by atoms with E-state index >= 15 is 0 Å². The second-order valence-corrected chi connectivity index (χ2v) is 5.14. The third-order valence-corrected chi connectivity index (χ3v) is 3.46. The maximum Gasteiger partial charge on any atom is -0.0236 e. The molecule has 1 rings (SSSR count). The number of hydrogen-bond donors (Lipinski definition) is 0. The molecule has 0 radical (unpaired) electrons. The molecule has 0 N–H and O–H groups in total. The summed E-state index contributed by atoms with van der Waals surface area (Å²) in [6.07, 6.45) is 6.03. The lowest BCUT2D eigenvalue weighted by Crippen LogP contribution is -1.88. The zero-order valence-electron chi connectivity index (χ0n) is 6.48. The molecule has 0 aromatic carbocycles. The molecular weight excluding hydrogens is 127 g/mol. The summed E-state index contributed by atoms with van der Waals surface area (Å²) in [5.41, 5.74) is 1.17. The van der Waals surface area contributed by atoms with Crippen molar-refractivity contribution in [3.8, 4) is 0 Å². The third kappa shape index (κ3) is 3.92. The Balaban J connectivity index is 1.81. The van der Waals surface area contributed by atoms with Crippen LogP contribution in [0.2, 0.25) is 0 Å². The van der Waals surface area contributed by atoms with E-state index in [4.69, 9.17) is 0 Å². The van der Waals surface area contributed by atoms with Crippen molar-refractivity contribution in [2.24, 2.45) is 5.92 Å². The minimum absolute atomic E-state index is 0.927. The van der Waals surface area contributed by atoms with Crippen molar-refractivity contribution in [3.63, 3.8) is 0 Å². The first kappa shape index (κ1) is 7.54. The van der Waals surface area contributed by atoms with Gasteiger partial charge < -0.3 is 0 Å². The molecule has 1 unspecified atom stereocenters. The summed E-state index contributed by atoms with van der Waals surface area (Å²) >= 11 is 0. The van der Waals surface area contributed by atoms with Gasteiger partial charge in [0.1, 0.15) is 0 Å². The van der Waals surface area contributed by atoms with Gasteiger partial charge in [-0.2, -0.15) is 0 Å². The Morgan fingerprint density at radius 2 is 2.11 bits per heavy atom. The standard InChI is InChI=1S/C8H17P/c1-7(2)5-6-9-8-3-4-8/h7-9H,3-6H2,1-2H3. The van der Waals surface area contributed by atoms with Crippen molar-refractivity contribution < 1.29 is 0 Å². The van der Waals surface area contributed by atoms with Crippen molar-refractivity contribution in [2.75, 3.05) is 6.16 Å². The molecule has 1 fully saturated rings. The van der Waals surface area contributed by atoms with Crippen LogP contribution in [-0.2, 0) is 0 Å². The molecule has 1 aliphatic carbocycles. The van der Waals surface area contributed by atoms with E-state index in [-0.39, 0.29) is 0 Å². The second-order valence-electron chi connectivity index (χ2n) is 3.41. The summed E-state index contributed by atoms with van der Waals surface area (Å²) in [6.45, 7) is 4.63. The smallest absolute Gasteiger partial charge is 0.0236 e. The molecule has 0 aromatic heterocycles. The summed E-state index contributed by atoms with van der Waals surface area (Å²) in [5, 5.41) is 0. The van der Waals surface area contributed by atoms with Crippen LogP contribution in [0.1, 0.15) is 33.1 Å². The predicted octanol–water partition coefficient (Wildman–Crippen LogP) is 2.87. The van der Waals surface area contributed by atoms with Gasteiger partial charge in [0.25, 0.3) is 0 Å². The fraction of sp³-hybridized carbons (Fsp3) is 1.00. The first-order valence-electron chi connectivity index (χ1n) is 4.02. The minimum Gasteiger partial charge on any atom is -0.119 e. The normalized spacial score (nSPS) is 20.3. The Hall–Kier alpha value is 0.430. The quantitative estimate of drug-likeness (QED) is 0.532. The molecule has 0 aliphatic heterocycles. The van der Waals surface area contributed by atoms with Crippen molar-refractivity contribution in [2.45, 2.75) is 38.8 Å². The van der Waals surface area contributed by atoms with Crippen molar-refractivity contribution in [3.05, 3.63) is 0 Å². The monoisotopic (exact) mass is 144 g/mol. The van der Waals surface area contributed by atoms with Gasteiger partial charge in [-0.3, -0.25) is 0 Å². The predicted molar refractivity (Wildman–Crippen MR) is 45.7 cm³/mol. The Bertz CT molecular complexity index is 72.6. The maximum atomic E-state index is 2.32. The molecule has 0 heterocycles. The van der Waals surface area contributed by atoms with Gasteiger partial charge in [0.15, 0.2) is 0 Å². The molecular formula is C8H17P. The Kier molecular flexibility index (Phi) is 2.98. The van der Waals surface area contributed by atoms with E-state index in [0.29, 0.717) is 0 Å². The van der Waals surface area contributed by atoms with Gasteiger partial charge in [0.05, 0.1) is 0 Å². The number of rotatable bonds is 4. The molecule has 1 saturated carbocycles. The molecule has 9 heavy (non-hydrogen) atoms. The van der Waals surface area contributed by atoms with Crippen molar-refractivity contribution >= 4 is 8.58 Å². The van der Waals surface area contributed by atoms with Crippen LogP contribution in [-0.4, -0.2) is 11.8 Å². The summed E-state index contributed by atoms with van der Waals surface area (Å²) in [5.74, 6) is 0.927. The van der Waals surface area contributed by atoms with Crippen LogP contribution >= 0.6 is 8.58 Å². The lowest BCUT2D eigenvalue weighted by molar-refractivity contribution is 0.631. The van der Waals surface area contributed by atoms with Crippen LogP contribution in [0.25, 0.3) is 0 Å². The van der Waals surface area contributed by atoms with E-state index in [0.717, 1.165) is 5.92 Å². The third-order valence-electron chi connectivity index (χ3n) is 1.73. The molecule has 0 nitrogen and oxygen atoms in total. The molecule has 54 valence electrons. The van der Waals surface area contributed by atoms with Crippen LogP contribution in [0.5, 0.6) is 0 Å². The zero-order chi connectivity index (χ0) is 6.69. The van der Waals surface area contributed by atoms with Crippen LogP contribution < -0.4 is 0 Å². The summed E-state index contributed by atoms with van der Waals surface area (Å²) < 4.78 is 0. The van der Waals surface area contributed by atoms with E-state index in [9.17, 15) is 0 Å². The molecule has 1 aliphatic rings. The summed E-state index contributed by atoms with van der Waals surface area (Å²) in [4.78, 5) is 0. The Morgan fingerprint density at radius 3 is 2.56 bits per heavy atom. The lowest BCUT2D eigenvalue weighted by Gasteiger charge is -2.01. The summed E-state index contributed by atoms with van der Waals surface area (Å²) in [7, 11) is 1.29. The molecule has 0 bridgehead atoms. The molecule has 1 heteroatoms. The minimum atomic E-state index is 0.927. The second kappa shape index (κ2) is 3.56. The first-order chi connectivity index (χ1) is 4.29. The van der Waals surface area contributed by atoms with Crippen LogP contribution in [0.4, 0.5) is 0 Å². The average Bonchev–Trinajstić information content (AvgIpc) is 2.48. The molecule has 1 atom stereocenters. The van der Waals surface area contributed by atoms with Crippen LogP contribution in [0, 0.1) is 5.92 Å². The highest BCUT2D eigenvalue weighted by Gasteiger charge is 2.19. The number of hydrogen-bond acceptors (Lipinski definition) is 0. The fourth-order valence-electron chi connectivity index (χ4n) is 0.864. The van der Waals surface area contributed by atoms with Gasteiger partial charge in [-0.25, -0.2) is 0 Å². The van der Waals surface area contributed by atoms with E-state index in [1.54, 1.807) is 0 Å².